The second-order valence-electron chi connectivity index (χ2n) is 6.41. The lowest BCUT2D eigenvalue weighted by Crippen LogP contribution is -2.42. The molecule has 2 N–H and O–H groups in total. The van der Waals surface area contributed by atoms with Crippen LogP contribution in [-0.2, 0) is 0 Å². The second kappa shape index (κ2) is 6.47. The molecule has 0 aromatic rings. The first-order valence-corrected chi connectivity index (χ1v) is 8.26. The molecule has 17 heavy (non-hydrogen) atoms. The number of rotatable bonds is 5. The Labute approximate surface area is 112 Å². The van der Waals surface area contributed by atoms with E-state index in [2.05, 4.69) is 46.4 Å². The van der Waals surface area contributed by atoms with Crippen molar-refractivity contribution in [3.8, 4) is 0 Å². The third-order valence-electron chi connectivity index (χ3n) is 4.84. The summed E-state index contributed by atoms with van der Waals surface area (Å²) in [4.78, 5) is 0. The van der Waals surface area contributed by atoms with E-state index in [1.54, 1.807) is 0 Å². The van der Waals surface area contributed by atoms with Crippen molar-refractivity contribution in [1.29, 1.82) is 0 Å². The van der Waals surface area contributed by atoms with Crippen LogP contribution >= 0.6 is 11.8 Å². The summed E-state index contributed by atoms with van der Waals surface area (Å²) in [6, 6.07) is 0.429. The minimum atomic E-state index is 0.429. The lowest BCUT2D eigenvalue weighted by Gasteiger charge is -2.42. The van der Waals surface area contributed by atoms with Crippen LogP contribution in [0.5, 0.6) is 0 Å². The Morgan fingerprint density at radius 3 is 2.47 bits per heavy atom. The molecule has 0 aliphatic heterocycles. The highest BCUT2D eigenvalue weighted by Crippen LogP contribution is 2.43. The summed E-state index contributed by atoms with van der Waals surface area (Å²) in [5, 5.41) is 1.45. The van der Waals surface area contributed by atoms with Gasteiger partial charge in [-0.3, -0.25) is 0 Å². The van der Waals surface area contributed by atoms with E-state index in [9.17, 15) is 0 Å². The van der Waals surface area contributed by atoms with E-state index in [0.717, 1.165) is 11.2 Å². The maximum atomic E-state index is 6.31. The second-order valence-corrected chi connectivity index (χ2v) is 8.09. The normalized spacial score (nSPS) is 32.5. The highest BCUT2D eigenvalue weighted by atomic mass is 32.2. The topological polar surface area (TPSA) is 26.0 Å². The number of thioether (sulfide) groups is 1. The van der Waals surface area contributed by atoms with Crippen LogP contribution < -0.4 is 5.73 Å². The first kappa shape index (κ1) is 15.4. The van der Waals surface area contributed by atoms with Crippen LogP contribution in [0.15, 0.2) is 0 Å². The largest absolute Gasteiger partial charge is 0.327 e. The van der Waals surface area contributed by atoms with Crippen molar-refractivity contribution in [2.75, 3.05) is 0 Å². The number of nitrogens with two attached hydrogens (primary N) is 1. The molecule has 0 heterocycles. The van der Waals surface area contributed by atoms with Gasteiger partial charge >= 0.3 is 0 Å². The Bertz CT molecular complexity index is 227. The summed E-state index contributed by atoms with van der Waals surface area (Å²) in [7, 11) is 0. The van der Waals surface area contributed by atoms with Crippen molar-refractivity contribution in [2.24, 2.45) is 17.1 Å². The Hall–Kier alpha value is 0.310. The Kier molecular flexibility index (Phi) is 5.85. The molecular weight excluding hydrogens is 226 g/mol. The molecule has 102 valence electrons. The van der Waals surface area contributed by atoms with E-state index in [1.807, 2.05) is 0 Å². The molecule has 0 aromatic carbocycles. The van der Waals surface area contributed by atoms with E-state index >= 15 is 0 Å². The Morgan fingerprint density at radius 2 is 1.94 bits per heavy atom. The van der Waals surface area contributed by atoms with Crippen molar-refractivity contribution in [1.82, 2.24) is 0 Å². The van der Waals surface area contributed by atoms with Crippen molar-refractivity contribution >= 4 is 11.8 Å². The van der Waals surface area contributed by atoms with Crippen LogP contribution in [-0.4, -0.2) is 16.5 Å². The van der Waals surface area contributed by atoms with Gasteiger partial charge in [0.1, 0.15) is 0 Å². The maximum Gasteiger partial charge on any atom is 0.0204 e. The monoisotopic (exact) mass is 257 g/mol. The smallest absolute Gasteiger partial charge is 0.0204 e. The zero-order valence-corrected chi connectivity index (χ0v) is 13.1. The molecule has 1 fully saturated rings. The third kappa shape index (κ3) is 4.17. The first-order valence-electron chi connectivity index (χ1n) is 7.31. The Morgan fingerprint density at radius 1 is 1.29 bits per heavy atom. The molecule has 0 radical (unpaired) electrons. The van der Waals surface area contributed by atoms with E-state index in [-0.39, 0.29) is 0 Å². The highest BCUT2D eigenvalue weighted by molar-refractivity contribution is 8.00. The molecule has 4 unspecified atom stereocenters. The molecule has 0 bridgehead atoms. The molecule has 0 amide bonds. The van der Waals surface area contributed by atoms with Crippen molar-refractivity contribution in [3.63, 3.8) is 0 Å². The van der Waals surface area contributed by atoms with Crippen molar-refractivity contribution in [2.45, 2.75) is 83.3 Å². The first-order chi connectivity index (χ1) is 7.90. The molecule has 1 aliphatic rings. The molecule has 2 heteroatoms. The summed E-state index contributed by atoms with van der Waals surface area (Å²) < 4.78 is 0. The molecule has 0 saturated heterocycles. The quantitative estimate of drug-likeness (QED) is 0.787. The van der Waals surface area contributed by atoms with E-state index in [4.69, 9.17) is 5.73 Å². The third-order valence-corrected chi connectivity index (χ3v) is 6.53. The molecular formula is C15H31NS. The van der Waals surface area contributed by atoms with Crippen LogP contribution in [0.2, 0.25) is 0 Å². The van der Waals surface area contributed by atoms with Gasteiger partial charge in [0.15, 0.2) is 0 Å². The van der Waals surface area contributed by atoms with Gasteiger partial charge in [-0.25, -0.2) is 0 Å². The molecule has 1 saturated carbocycles. The fraction of sp³-hybridized carbons (Fsp3) is 1.00. The Balaban J connectivity index is 2.59. The van der Waals surface area contributed by atoms with Crippen LogP contribution in [0.25, 0.3) is 0 Å². The molecule has 1 rings (SSSR count). The number of hydrogen-bond donors (Lipinski definition) is 1. The minimum absolute atomic E-state index is 0.429. The van der Waals surface area contributed by atoms with Gasteiger partial charge in [0, 0.05) is 16.5 Å². The summed E-state index contributed by atoms with van der Waals surface area (Å²) in [5.74, 6) is 0.869. The number of hydrogen-bond acceptors (Lipinski definition) is 2. The fourth-order valence-corrected chi connectivity index (χ4v) is 4.17. The molecule has 0 spiro atoms. The predicted octanol–water partition coefficient (Wildman–Crippen LogP) is 4.45. The van der Waals surface area contributed by atoms with Gasteiger partial charge < -0.3 is 5.73 Å². The van der Waals surface area contributed by atoms with Gasteiger partial charge in [-0.2, -0.15) is 11.8 Å². The van der Waals surface area contributed by atoms with E-state index < -0.39 is 0 Å². The van der Waals surface area contributed by atoms with Crippen LogP contribution in [0, 0.1) is 11.3 Å². The van der Waals surface area contributed by atoms with Crippen LogP contribution in [0.1, 0.15) is 66.7 Å². The molecule has 4 atom stereocenters. The molecule has 1 nitrogen and oxygen atoms in total. The molecule has 0 aromatic heterocycles. The van der Waals surface area contributed by atoms with Gasteiger partial charge in [-0.1, -0.05) is 41.0 Å². The summed E-state index contributed by atoms with van der Waals surface area (Å²) >= 11 is 2.13. The standard InChI is InChI=1S/C15H31NS/c1-6-11(3)17-14-10-12(8-9-13(14)16)15(4,5)7-2/h11-14H,6-10,16H2,1-5H3. The predicted molar refractivity (Wildman–Crippen MR) is 80.5 cm³/mol. The van der Waals surface area contributed by atoms with Gasteiger partial charge in [0.05, 0.1) is 0 Å². The molecule has 1 aliphatic carbocycles. The van der Waals surface area contributed by atoms with Crippen molar-refractivity contribution in [3.05, 3.63) is 0 Å². The average Bonchev–Trinajstić information content (AvgIpc) is 2.31. The van der Waals surface area contributed by atoms with Gasteiger partial charge in [-0.05, 0) is 37.0 Å². The fourth-order valence-electron chi connectivity index (χ4n) is 2.70. The average molecular weight is 257 g/mol. The summed E-state index contributed by atoms with van der Waals surface area (Å²) in [6.45, 7) is 11.8. The summed E-state index contributed by atoms with van der Waals surface area (Å²) in [5.41, 5.74) is 6.80. The highest BCUT2D eigenvalue weighted by Gasteiger charge is 2.36. The zero-order chi connectivity index (χ0) is 13.1. The van der Waals surface area contributed by atoms with Gasteiger partial charge in [0.25, 0.3) is 0 Å². The van der Waals surface area contributed by atoms with Crippen LogP contribution in [0.4, 0.5) is 0 Å². The van der Waals surface area contributed by atoms with E-state index in [0.29, 0.717) is 16.7 Å². The van der Waals surface area contributed by atoms with E-state index in [1.165, 1.54) is 32.1 Å². The van der Waals surface area contributed by atoms with Crippen LogP contribution in [0.3, 0.4) is 0 Å². The lowest BCUT2D eigenvalue weighted by molar-refractivity contribution is 0.148. The zero-order valence-electron chi connectivity index (χ0n) is 12.3. The minimum Gasteiger partial charge on any atom is -0.327 e. The maximum absolute atomic E-state index is 6.31. The van der Waals surface area contributed by atoms with Gasteiger partial charge in [-0.15, -0.1) is 0 Å². The summed E-state index contributed by atoms with van der Waals surface area (Å²) in [6.07, 6.45) is 6.43. The van der Waals surface area contributed by atoms with Gasteiger partial charge in [0.2, 0.25) is 0 Å². The SMILES string of the molecule is CCC(C)SC1CC(C(C)(C)CC)CCC1N. The lowest BCUT2D eigenvalue weighted by atomic mass is 9.69. The van der Waals surface area contributed by atoms with Crippen molar-refractivity contribution < 1.29 is 0 Å².